The van der Waals surface area contributed by atoms with Crippen LogP contribution in [0.15, 0.2) is 0 Å². The van der Waals surface area contributed by atoms with Crippen LogP contribution in [-0.2, 0) is 9.53 Å². The molecule has 0 unspecified atom stereocenters. The van der Waals surface area contributed by atoms with Crippen LogP contribution in [0.1, 0.15) is 6.42 Å². The van der Waals surface area contributed by atoms with E-state index in [1.165, 1.54) is 0 Å². The maximum atomic E-state index is 11.0. The van der Waals surface area contributed by atoms with Gasteiger partial charge in [0.25, 0.3) is 0 Å². The lowest BCUT2D eigenvalue weighted by Gasteiger charge is -2.00. The van der Waals surface area contributed by atoms with Gasteiger partial charge in [-0.15, -0.1) is 0 Å². The van der Waals surface area contributed by atoms with Gasteiger partial charge < -0.3 is 10.1 Å². The molecule has 0 aliphatic heterocycles. The van der Waals surface area contributed by atoms with Gasteiger partial charge in [0.1, 0.15) is 0 Å². The molecule has 1 aliphatic rings. The fraction of sp³-hybridized carbons (Fsp3) is 0.857. The molecule has 1 aliphatic carbocycles. The van der Waals surface area contributed by atoms with E-state index in [-0.39, 0.29) is 11.8 Å². The summed E-state index contributed by atoms with van der Waals surface area (Å²) >= 11 is 0. The zero-order valence-corrected chi connectivity index (χ0v) is 6.89. The van der Waals surface area contributed by atoms with Crippen molar-refractivity contribution in [2.45, 2.75) is 12.5 Å². The Kier molecular flexibility index (Phi) is 2.84. The molecule has 0 aromatic rings. The van der Waals surface area contributed by atoms with E-state index < -0.39 is 0 Å². The molecular formula is C7H14N2O2. The van der Waals surface area contributed by atoms with E-state index in [2.05, 4.69) is 10.6 Å². The highest BCUT2D eigenvalue weighted by molar-refractivity contribution is 5.81. The van der Waals surface area contributed by atoms with E-state index in [1.807, 2.05) is 0 Å². The summed E-state index contributed by atoms with van der Waals surface area (Å²) in [5.74, 6) is 0.286. The van der Waals surface area contributed by atoms with Gasteiger partial charge in [0.05, 0.1) is 12.6 Å². The first-order valence-corrected chi connectivity index (χ1v) is 3.73. The van der Waals surface area contributed by atoms with Crippen LogP contribution in [0.4, 0.5) is 0 Å². The second-order valence-electron chi connectivity index (χ2n) is 2.70. The normalized spacial score (nSPS) is 28.2. The lowest BCUT2D eigenvalue weighted by Crippen LogP contribution is -2.27. The predicted octanol–water partition coefficient (Wildman–Crippen LogP) is -0.686. The Morgan fingerprint density at radius 1 is 1.73 bits per heavy atom. The third-order valence-corrected chi connectivity index (χ3v) is 1.86. The maximum absolute atomic E-state index is 11.0. The number of methoxy groups -OCH3 is 1. The third-order valence-electron chi connectivity index (χ3n) is 1.86. The van der Waals surface area contributed by atoms with Gasteiger partial charge in [0.15, 0.2) is 0 Å². The molecule has 4 heteroatoms. The van der Waals surface area contributed by atoms with Gasteiger partial charge in [-0.05, 0) is 6.42 Å². The van der Waals surface area contributed by atoms with Gasteiger partial charge in [0.2, 0.25) is 5.91 Å². The highest BCUT2D eigenvalue weighted by Gasteiger charge is 2.41. The lowest BCUT2D eigenvalue weighted by atomic mass is 10.4. The first kappa shape index (κ1) is 8.49. The van der Waals surface area contributed by atoms with Crippen LogP contribution in [0, 0.1) is 5.92 Å². The van der Waals surface area contributed by atoms with Gasteiger partial charge in [-0.25, -0.2) is 0 Å². The molecule has 11 heavy (non-hydrogen) atoms. The van der Waals surface area contributed by atoms with Crippen molar-refractivity contribution in [1.29, 1.82) is 0 Å². The van der Waals surface area contributed by atoms with Gasteiger partial charge in [0, 0.05) is 20.2 Å². The number of rotatable bonds is 4. The van der Waals surface area contributed by atoms with Crippen LogP contribution in [0.5, 0.6) is 0 Å². The molecule has 2 N–H and O–H groups in total. The molecule has 64 valence electrons. The molecule has 4 nitrogen and oxygen atoms in total. The summed E-state index contributed by atoms with van der Waals surface area (Å²) in [6, 6.07) is 0.329. The molecular weight excluding hydrogens is 144 g/mol. The third kappa shape index (κ3) is 2.17. The average Bonchev–Trinajstić information content (AvgIpc) is 2.78. The van der Waals surface area contributed by atoms with Gasteiger partial charge >= 0.3 is 0 Å². The molecule has 0 aromatic heterocycles. The second kappa shape index (κ2) is 3.69. The SMILES string of the molecule is CNC(=O)[C@@H]1C[C@H]1NCOC. The number of carbonyl (C=O) groups is 1. The second-order valence-corrected chi connectivity index (χ2v) is 2.70. The Morgan fingerprint density at radius 2 is 2.45 bits per heavy atom. The molecule has 0 heterocycles. The molecule has 0 saturated heterocycles. The predicted molar refractivity (Wildman–Crippen MR) is 41.0 cm³/mol. The number of ether oxygens (including phenoxy) is 1. The van der Waals surface area contributed by atoms with Crippen LogP contribution in [0.25, 0.3) is 0 Å². The van der Waals surface area contributed by atoms with E-state index in [0.717, 1.165) is 6.42 Å². The zero-order valence-electron chi connectivity index (χ0n) is 6.89. The van der Waals surface area contributed by atoms with Crippen molar-refractivity contribution in [2.75, 3.05) is 20.9 Å². The van der Waals surface area contributed by atoms with E-state index in [1.54, 1.807) is 14.2 Å². The van der Waals surface area contributed by atoms with Crippen LogP contribution < -0.4 is 10.6 Å². The topological polar surface area (TPSA) is 50.4 Å². The Hall–Kier alpha value is -0.610. The Bertz CT molecular complexity index is 149. The van der Waals surface area contributed by atoms with Gasteiger partial charge in [-0.1, -0.05) is 0 Å². The Morgan fingerprint density at radius 3 is 3.00 bits per heavy atom. The number of hydrogen-bond acceptors (Lipinski definition) is 3. The zero-order chi connectivity index (χ0) is 8.27. The summed E-state index contributed by atoms with van der Waals surface area (Å²) in [6.45, 7) is 0.526. The first-order chi connectivity index (χ1) is 5.29. The summed E-state index contributed by atoms with van der Waals surface area (Å²) in [6.07, 6.45) is 0.934. The average molecular weight is 158 g/mol. The van der Waals surface area contributed by atoms with Gasteiger partial charge in [-0.2, -0.15) is 0 Å². The number of hydrogen-bond donors (Lipinski definition) is 2. The quantitative estimate of drug-likeness (QED) is 0.533. The molecule has 0 aromatic carbocycles. The fourth-order valence-electron chi connectivity index (χ4n) is 1.09. The fourth-order valence-corrected chi connectivity index (χ4v) is 1.09. The molecule has 1 rings (SSSR count). The summed E-state index contributed by atoms with van der Waals surface area (Å²) < 4.78 is 4.81. The van der Waals surface area contributed by atoms with Crippen LogP contribution >= 0.6 is 0 Å². The molecule has 1 saturated carbocycles. The van der Waals surface area contributed by atoms with Crippen molar-refractivity contribution in [2.24, 2.45) is 5.92 Å². The molecule has 1 fully saturated rings. The Labute approximate surface area is 66.3 Å². The molecule has 1 amide bonds. The van der Waals surface area contributed by atoms with E-state index in [0.29, 0.717) is 12.8 Å². The molecule has 0 spiro atoms. The summed E-state index contributed by atoms with van der Waals surface area (Å²) in [5.41, 5.74) is 0. The summed E-state index contributed by atoms with van der Waals surface area (Å²) in [7, 11) is 3.29. The minimum Gasteiger partial charge on any atom is -0.370 e. The summed E-state index contributed by atoms with van der Waals surface area (Å²) in [4.78, 5) is 11.0. The van der Waals surface area contributed by atoms with Crippen molar-refractivity contribution < 1.29 is 9.53 Å². The lowest BCUT2D eigenvalue weighted by molar-refractivity contribution is -0.121. The standard InChI is InChI=1S/C7H14N2O2/c1-8-7(10)5-3-6(5)9-4-11-2/h5-6,9H,3-4H2,1-2H3,(H,8,10)/t5-,6-/m1/s1. The largest absolute Gasteiger partial charge is 0.370 e. The monoisotopic (exact) mass is 158 g/mol. The minimum atomic E-state index is 0.124. The number of amides is 1. The number of carbonyl (C=O) groups excluding carboxylic acids is 1. The smallest absolute Gasteiger partial charge is 0.224 e. The van der Waals surface area contributed by atoms with E-state index in [9.17, 15) is 4.79 Å². The Balaban J connectivity index is 2.11. The van der Waals surface area contributed by atoms with Crippen molar-refractivity contribution in [3.8, 4) is 0 Å². The van der Waals surface area contributed by atoms with Crippen molar-refractivity contribution >= 4 is 5.91 Å². The van der Waals surface area contributed by atoms with Crippen LogP contribution in [-0.4, -0.2) is 32.8 Å². The number of nitrogens with one attached hydrogen (secondary N) is 2. The van der Waals surface area contributed by atoms with Gasteiger partial charge in [-0.3, -0.25) is 10.1 Å². The van der Waals surface area contributed by atoms with Crippen LogP contribution in [0.2, 0.25) is 0 Å². The minimum absolute atomic E-state index is 0.124. The van der Waals surface area contributed by atoms with Crippen molar-refractivity contribution in [3.05, 3.63) is 0 Å². The summed E-state index contributed by atoms with van der Waals surface area (Å²) in [5, 5.41) is 5.70. The van der Waals surface area contributed by atoms with E-state index >= 15 is 0 Å². The van der Waals surface area contributed by atoms with Crippen LogP contribution in [0.3, 0.4) is 0 Å². The maximum Gasteiger partial charge on any atom is 0.224 e. The van der Waals surface area contributed by atoms with E-state index in [4.69, 9.17) is 4.74 Å². The highest BCUT2D eigenvalue weighted by Crippen LogP contribution is 2.29. The first-order valence-electron chi connectivity index (χ1n) is 3.73. The van der Waals surface area contributed by atoms with Crippen molar-refractivity contribution in [1.82, 2.24) is 10.6 Å². The molecule has 0 radical (unpaired) electrons. The van der Waals surface area contributed by atoms with Crippen molar-refractivity contribution in [3.63, 3.8) is 0 Å². The molecule has 0 bridgehead atoms. The highest BCUT2D eigenvalue weighted by atomic mass is 16.5. The molecule has 2 atom stereocenters.